The average Bonchev–Trinajstić information content (AvgIpc) is 3.49. The molecule has 6 nitrogen and oxygen atoms in total. The molecule has 192 valence electrons. The SMILES string of the molecule is Cc1cc(-c2[nH]c3ccc(C4CCN(C(=O)Cn5ccc(C6CC6)n5)CC4)cc3c2C(C)C)cc(C)n1. The van der Waals surface area contributed by atoms with E-state index in [9.17, 15) is 4.79 Å². The fourth-order valence-corrected chi connectivity index (χ4v) is 6.05. The molecule has 0 unspecified atom stereocenters. The lowest BCUT2D eigenvalue weighted by Crippen LogP contribution is -2.39. The number of benzene rings is 1. The van der Waals surface area contributed by atoms with Crippen LogP contribution in [0.1, 0.15) is 85.5 Å². The van der Waals surface area contributed by atoms with Gasteiger partial charge in [-0.1, -0.05) is 19.9 Å². The summed E-state index contributed by atoms with van der Waals surface area (Å²) in [4.78, 5) is 23.2. The summed E-state index contributed by atoms with van der Waals surface area (Å²) in [7, 11) is 0. The Morgan fingerprint density at radius 3 is 2.41 bits per heavy atom. The van der Waals surface area contributed by atoms with Crippen molar-refractivity contribution in [1.29, 1.82) is 0 Å². The molecule has 0 atom stereocenters. The van der Waals surface area contributed by atoms with Gasteiger partial charge in [0.15, 0.2) is 0 Å². The van der Waals surface area contributed by atoms with Gasteiger partial charge in [0.2, 0.25) is 5.91 Å². The summed E-state index contributed by atoms with van der Waals surface area (Å²) in [6.45, 7) is 10.6. The second kappa shape index (κ2) is 9.47. The number of hydrogen-bond acceptors (Lipinski definition) is 3. The lowest BCUT2D eigenvalue weighted by Gasteiger charge is -2.32. The van der Waals surface area contributed by atoms with Crippen LogP contribution < -0.4 is 0 Å². The number of fused-ring (bicyclic) bond motifs is 1. The molecule has 2 fully saturated rings. The van der Waals surface area contributed by atoms with Crippen molar-refractivity contribution in [3.63, 3.8) is 0 Å². The Hall–Kier alpha value is -3.41. The Balaban J connectivity index is 1.19. The van der Waals surface area contributed by atoms with Crippen LogP contribution in [-0.4, -0.2) is 43.6 Å². The second-order valence-corrected chi connectivity index (χ2v) is 11.4. The Morgan fingerprint density at radius 1 is 1.00 bits per heavy atom. The fourth-order valence-electron chi connectivity index (χ4n) is 6.05. The highest BCUT2D eigenvalue weighted by molar-refractivity contribution is 5.92. The number of H-pyrrole nitrogens is 1. The maximum absolute atomic E-state index is 12.9. The first kappa shape index (κ1) is 24.0. The Bertz CT molecular complexity index is 1430. The molecule has 1 aromatic carbocycles. The number of piperidine rings is 1. The van der Waals surface area contributed by atoms with Crippen molar-refractivity contribution in [3.8, 4) is 11.3 Å². The van der Waals surface area contributed by atoms with Crippen molar-refractivity contribution < 1.29 is 4.79 Å². The molecule has 0 spiro atoms. The molecule has 1 aliphatic heterocycles. The lowest BCUT2D eigenvalue weighted by atomic mass is 9.87. The number of amides is 1. The van der Waals surface area contributed by atoms with Crippen LogP contribution in [0.2, 0.25) is 0 Å². The first-order valence-corrected chi connectivity index (χ1v) is 13.8. The molecular formula is C31H37N5O. The van der Waals surface area contributed by atoms with Gasteiger partial charge >= 0.3 is 0 Å². The van der Waals surface area contributed by atoms with Gasteiger partial charge in [-0.05, 0) is 92.8 Å². The van der Waals surface area contributed by atoms with E-state index >= 15 is 0 Å². The maximum Gasteiger partial charge on any atom is 0.244 e. The summed E-state index contributed by atoms with van der Waals surface area (Å²) in [6.07, 6.45) is 6.42. The third kappa shape index (κ3) is 4.81. The van der Waals surface area contributed by atoms with Crippen molar-refractivity contribution >= 4 is 16.8 Å². The number of aromatic amines is 1. The standard InChI is InChI=1S/C31H37N5O/c1-19(2)30-26-17-24(7-8-28(26)33-31(30)25-15-20(3)32-21(4)16-25)22-9-12-35(13-10-22)29(37)18-36-14-11-27(34-36)23-5-6-23/h7-8,11,14-17,19,22-23,33H,5-6,9-10,12-13,18H2,1-4H3. The molecule has 1 saturated heterocycles. The molecule has 4 heterocycles. The van der Waals surface area contributed by atoms with E-state index in [2.05, 4.69) is 79.2 Å². The van der Waals surface area contributed by atoms with Crippen LogP contribution in [0.5, 0.6) is 0 Å². The van der Waals surface area contributed by atoms with Crippen molar-refractivity contribution in [2.45, 2.75) is 77.7 Å². The Kier molecular flexibility index (Phi) is 6.13. The normalized spacial score (nSPS) is 16.7. The molecule has 1 aliphatic carbocycles. The molecular weight excluding hydrogens is 458 g/mol. The quantitative estimate of drug-likeness (QED) is 0.334. The van der Waals surface area contributed by atoms with Crippen molar-refractivity contribution in [2.75, 3.05) is 13.1 Å². The maximum atomic E-state index is 12.9. The van der Waals surface area contributed by atoms with Crippen molar-refractivity contribution in [3.05, 3.63) is 70.8 Å². The summed E-state index contributed by atoms with van der Waals surface area (Å²) in [5.74, 6) is 1.67. The number of hydrogen-bond donors (Lipinski definition) is 1. The van der Waals surface area contributed by atoms with Crippen LogP contribution in [-0.2, 0) is 11.3 Å². The van der Waals surface area contributed by atoms with Crippen LogP contribution in [0.4, 0.5) is 0 Å². The van der Waals surface area contributed by atoms with Crippen molar-refractivity contribution in [2.24, 2.45) is 0 Å². The van der Waals surface area contributed by atoms with Crippen molar-refractivity contribution in [1.82, 2.24) is 24.6 Å². The summed E-state index contributed by atoms with van der Waals surface area (Å²) < 4.78 is 1.82. The van der Waals surface area contributed by atoms with E-state index in [1.807, 2.05) is 15.8 Å². The molecule has 1 amide bonds. The Morgan fingerprint density at radius 2 is 1.73 bits per heavy atom. The van der Waals surface area contributed by atoms with Gasteiger partial charge in [0.1, 0.15) is 6.54 Å². The van der Waals surface area contributed by atoms with E-state index in [0.29, 0.717) is 24.3 Å². The van der Waals surface area contributed by atoms with E-state index < -0.39 is 0 Å². The number of aryl methyl sites for hydroxylation is 2. The number of carbonyl (C=O) groups is 1. The minimum atomic E-state index is 0.180. The third-order valence-corrected chi connectivity index (χ3v) is 8.08. The monoisotopic (exact) mass is 495 g/mol. The zero-order valence-corrected chi connectivity index (χ0v) is 22.4. The fraction of sp³-hybridized carbons (Fsp3) is 0.452. The second-order valence-electron chi connectivity index (χ2n) is 11.4. The minimum absolute atomic E-state index is 0.180. The summed E-state index contributed by atoms with van der Waals surface area (Å²) >= 11 is 0. The predicted octanol–water partition coefficient (Wildman–Crippen LogP) is 6.45. The van der Waals surface area contributed by atoms with Gasteiger partial charge < -0.3 is 9.88 Å². The van der Waals surface area contributed by atoms with Gasteiger partial charge in [0.25, 0.3) is 0 Å². The zero-order valence-electron chi connectivity index (χ0n) is 22.4. The van der Waals surface area contributed by atoms with Gasteiger partial charge in [-0.2, -0.15) is 5.10 Å². The van der Waals surface area contributed by atoms with Gasteiger partial charge in [-0.25, -0.2) is 0 Å². The highest BCUT2D eigenvalue weighted by Crippen LogP contribution is 2.39. The van der Waals surface area contributed by atoms with Gasteiger partial charge in [0, 0.05) is 53.1 Å². The summed E-state index contributed by atoms with van der Waals surface area (Å²) in [5.41, 5.74) is 9.59. The largest absolute Gasteiger partial charge is 0.354 e. The molecule has 0 radical (unpaired) electrons. The number of likely N-dealkylation sites (tertiary alicyclic amines) is 1. The zero-order chi connectivity index (χ0) is 25.7. The number of nitrogens with zero attached hydrogens (tertiary/aromatic N) is 4. The average molecular weight is 496 g/mol. The first-order valence-electron chi connectivity index (χ1n) is 13.8. The van der Waals surface area contributed by atoms with Crippen LogP contribution in [0.15, 0.2) is 42.6 Å². The Labute approximate surface area is 219 Å². The molecule has 3 aromatic heterocycles. The number of pyridine rings is 1. The number of nitrogens with one attached hydrogen (secondary N) is 1. The van der Waals surface area contributed by atoms with Crippen LogP contribution >= 0.6 is 0 Å². The highest BCUT2D eigenvalue weighted by Gasteiger charge is 2.28. The number of rotatable bonds is 6. The molecule has 6 heteroatoms. The molecule has 1 saturated carbocycles. The van der Waals surface area contributed by atoms with Gasteiger partial charge in [-0.15, -0.1) is 0 Å². The smallest absolute Gasteiger partial charge is 0.244 e. The first-order chi connectivity index (χ1) is 17.9. The number of carbonyl (C=O) groups excluding carboxylic acids is 1. The van der Waals surface area contributed by atoms with E-state index in [-0.39, 0.29) is 5.91 Å². The van der Waals surface area contributed by atoms with E-state index in [1.165, 1.54) is 46.1 Å². The number of aromatic nitrogens is 4. The van der Waals surface area contributed by atoms with Crippen LogP contribution in [0.3, 0.4) is 0 Å². The van der Waals surface area contributed by atoms with E-state index in [4.69, 9.17) is 0 Å². The van der Waals surface area contributed by atoms with E-state index in [1.54, 1.807) is 0 Å². The van der Waals surface area contributed by atoms with Crippen LogP contribution in [0, 0.1) is 13.8 Å². The molecule has 1 N–H and O–H groups in total. The van der Waals surface area contributed by atoms with E-state index in [0.717, 1.165) is 43.0 Å². The third-order valence-electron chi connectivity index (χ3n) is 8.08. The topological polar surface area (TPSA) is 66.8 Å². The van der Waals surface area contributed by atoms with Crippen LogP contribution in [0.25, 0.3) is 22.2 Å². The molecule has 6 rings (SSSR count). The van der Waals surface area contributed by atoms with Gasteiger partial charge in [0.05, 0.1) is 11.4 Å². The predicted molar refractivity (Wildman–Crippen MR) is 148 cm³/mol. The summed E-state index contributed by atoms with van der Waals surface area (Å²) in [6, 6.07) is 13.3. The van der Waals surface area contributed by atoms with Gasteiger partial charge in [-0.3, -0.25) is 14.5 Å². The molecule has 37 heavy (non-hydrogen) atoms. The molecule has 0 bridgehead atoms. The summed E-state index contributed by atoms with van der Waals surface area (Å²) in [5, 5.41) is 5.93. The lowest BCUT2D eigenvalue weighted by molar-refractivity contribution is -0.133. The molecule has 2 aliphatic rings. The highest BCUT2D eigenvalue weighted by atomic mass is 16.2. The minimum Gasteiger partial charge on any atom is -0.354 e. The molecule has 4 aromatic rings.